The third-order valence-electron chi connectivity index (χ3n) is 3.63. The van der Waals surface area contributed by atoms with Crippen LogP contribution in [0.3, 0.4) is 0 Å². The molecule has 20 heavy (non-hydrogen) atoms. The van der Waals surface area contributed by atoms with E-state index in [1.165, 1.54) is 0 Å². The van der Waals surface area contributed by atoms with Crippen molar-refractivity contribution in [3.63, 3.8) is 0 Å². The lowest BCUT2D eigenvalue weighted by Crippen LogP contribution is -2.15. The zero-order valence-corrected chi connectivity index (χ0v) is 13.9. The van der Waals surface area contributed by atoms with Crippen LogP contribution >= 0.6 is 15.9 Å². The van der Waals surface area contributed by atoms with Gasteiger partial charge in [-0.1, -0.05) is 15.9 Å². The molecule has 2 N–H and O–H groups in total. The van der Waals surface area contributed by atoms with Gasteiger partial charge in [-0.3, -0.25) is 4.68 Å². The van der Waals surface area contributed by atoms with Crippen LogP contribution < -0.4 is 10.5 Å². The number of hydrogen-bond donors (Lipinski definition) is 1. The van der Waals surface area contributed by atoms with Crippen molar-refractivity contribution in [2.24, 2.45) is 12.8 Å². The third kappa shape index (κ3) is 2.88. The van der Waals surface area contributed by atoms with Crippen LogP contribution in [0.4, 0.5) is 0 Å². The zero-order chi connectivity index (χ0) is 14.9. The zero-order valence-electron chi connectivity index (χ0n) is 12.3. The van der Waals surface area contributed by atoms with Crippen LogP contribution in [0.5, 0.6) is 5.75 Å². The minimum absolute atomic E-state index is 0.0768. The number of benzene rings is 1. The van der Waals surface area contributed by atoms with E-state index in [4.69, 9.17) is 10.5 Å². The molecular formula is C15H20BrN3O. The molecule has 0 amide bonds. The number of halogens is 1. The first-order valence-corrected chi connectivity index (χ1v) is 7.31. The van der Waals surface area contributed by atoms with Gasteiger partial charge in [-0.2, -0.15) is 5.10 Å². The van der Waals surface area contributed by atoms with E-state index in [1.54, 1.807) is 7.11 Å². The molecule has 0 aliphatic carbocycles. The van der Waals surface area contributed by atoms with Crippen molar-refractivity contribution in [3.8, 4) is 5.75 Å². The van der Waals surface area contributed by atoms with Crippen molar-refractivity contribution in [1.29, 1.82) is 0 Å². The van der Waals surface area contributed by atoms with E-state index >= 15 is 0 Å². The normalized spacial score (nSPS) is 12.5. The van der Waals surface area contributed by atoms with Gasteiger partial charge in [0.1, 0.15) is 5.75 Å². The summed E-state index contributed by atoms with van der Waals surface area (Å²) in [5, 5.41) is 4.43. The van der Waals surface area contributed by atoms with Crippen LogP contribution in [-0.2, 0) is 13.5 Å². The fraction of sp³-hybridized carbons (Fsp3) is 0.400. The fourth-order valence-corrected chi connectivity index (χ4v) is 2.91. The predicted molar refractivity (Wildman–Crippen MR) is 84.0 cm³/mol. The summed E-state index contributed by atoms with van der Waals surface area (Å²) in [5.74, 6) is 0.843. The summed E-state index contributed by atoms with van der Waals surface area (Å²) >= 11 is 3.57. The van der Waals surface area contributed by atoms with Crippen LogP contribution in [0, 0.1) is 13.8 Å². The molecule has 0 saturated heterocycles. The van der Waals surface area contributed by atoms with Gasteiger partial charge in [-0.05, 0) is 44.0 Å². The summed E-state index contributed by atoms with van der Waals surface area (Å²) in [6, 6.07) is 5.86. The van der Waals surface area contributed by atoms with Crippen molar-refractivity contribution in [3.05, 3.63) is 45.2 Å². The molecular weight excluding hydrogens is 318 g/mol. The van der Waals surface area contributed by atoms with Gasteiger partial charge in [0.05, 0.1) is 12.8 Å². The molecule has 1 aromatic heterocycles. The average Bonchev–Trinajstić information content (AvgIpc) is 2.66. The van der Waals surface area contributed by atoms with Crippen molar-refractivity contribution >= 4 is 15.9 Å². The van der Waals surface area contributed by atoms with E-state index < -0.39 is 0 Å². The fourth-order valence-electron chi connectivity index (χ4n) is 2.50. The van der Waals surface area contributed by atoms with Gasteiger partial charge in [-0.15, -0.1) is 0 Å². The van der Waals surface area contributed by atoms with Gasteiger partial charge >= 0.3 is 0 Å². The van der Waals surface area contributed by atoms with E-state index in [0.29, 0.717) is 0 Å². The summed E-state index contributed by atoms with van der Waals surface area (Å²) in [6.07, 6.45) is 0.741. The number of methoxy groups -OCH3 is 1. The maximum absolute atomic E-state index is 6.39. The maximum Gasteiger partial charge on any atom is 0.119 e. The van der Waals surface area contributed by atoms with E-state index in [2.05, 4.69) is 28.0 Å². The van der Waals surface area contributed by atoms with Crippen LogP contribution in [0.25, 0.3) is 0 Å². The number of hydrogen-bond acceptors (Lipinski definition) is 3. The van der Waals surface area contributed by atoms with Gasteiger partial charge in [0.15, 0.2) is 0 Å². The summed E-state index contributed by atoms with van der Waals surface area (Å²) in [5.41, 5.74) is 10.8. The van der Waals surface area contributed by atoms with Crippen LogP contribution in [0.15, 0.2) is 22.7 Å². The molecule has 0 bridgehead atoms. The van der Waals surface area contributed by atoms with Crippen molar-refractivity contribution in [2.75, 3.05) is 7.11 Å². The summed E-state index contributed by atoms with van der Waals surface area (Å²) in [6.45, 7) is 4.05. The summed E-state index contributed by atoms with van der Waals surface area (Å²) < 4.78 is 8.20. The Hall–Kier alpha value is -1.33. The van der Waals surface area contributed by atoms with E-state index in [0.717, 1.165) is 39.2 Å². The highest BCUT2D eigenvalue weighted by Crippen LogP contribution is 2.28. The predicted octanol–water partition coefficient (Wildman–Crippen LogP) is 3.05. The van der Waals surface area contributed by atoms with Crippen molar-refractivity contribution < 1.29 is 4.74 Å². The Morgan fingerprint density at radius 2 is 2.10 bits per heavy atom. The molecule has 0 aliphatic rings. The molecule has 1 aromatic carbocycles. The molecule has 1 unspecified atom stereocenters. The Labute approximate surface area is 128 Å². The molecule has 2 aromatic rings. The second-order valence-electron chi connectivity index (χ2n) is 4.98. The smallest absolute Gasteiger partial charge is 0.119 e. The number of nitrogens with two attached hydrogens (primary N) is 1. The SMILES string of the molecule is COc1ccc(Br)c(CC(N)c2c(C)nn(C)c2C)c1. The Morgan fingerprint density at radius 3 is 2.65 bits per heavy atom. The van der Waals surface area contributed by atoms with Crippen LogP contribution in [-0.4, -0.2) is 16.9 Å². The molecule has 108 valence electrons. The Balaban J connectivity index is 2.29. The van der Waals surface area contributed by atoms with Gasteiger partial charge in [0.25, 0.3) is 0 Å². The Morgan fingerprint density at radius 1 is 1.40 bits per heavy atom. The maximum atomic E-state index is 6.39. The van der Waals surface area contributed by atoms with E-state index in [9.17, 15) is 0 Å². The first-order chi connectivity index (χ1) is 9.43. The number of aromatic nitrogens is 2. The highest BCUT2D eigenvalue weighted by atomic mass is 79.9. The van der Waals surface area contributed by atoms with Gasteiger partial charge < -0.3 is 10.5 Å². The molecule has 0 saturated carbocycles. The summed E-state index contributed by atoms with van der Waals surface area (Å²) in [7, 11) is 3.61. The average molecular weight is 338 g/mol. The third-order valence-corrected chi connectivity index (χ3v) is 4.40. The molecule has 2 rings (SSSR count). The molecule has 0 spiro atoms. The first kappa shape index (κ1) is 15.1. The molecule has 0 radical (unpaired) electrons. The molecule has 0 fully saturated rings. The molecule has 5 heteroatoms. The van der Waals surface area contributed by atoms with Crippen molar-refractivity contribution in [2.45, 2.75) is 26.3 Å². The van der Waals surface area contributed by atoms with Gasteiger partial charge in [-0.25, -0.2) is 0 Å². The summed E-state index contributed by atoms with van der Waals surface area (Å²) in [4.78, 5) is 0. The number of rotatable bonds is 4. The minimum atomic E-state index is -0.0768. The highest BCUT2D eigenvalue weighted by molar-refractivity contribution is 9.10. The Kier molecular flexibility index (Phi) is 4.50. The standard InChI is InChI=1S/C15H20BrN3O/c1-9-15(10(2)19(3)18-9)14(17)8-11-7-12(20-4)5-6-13(11)16/h5-7,14H,8,17H2,1-4H3. The molecule has 1 heterocycles. The molecule has 1 atom stereocenters. The van der Waals surface area contributed by atoms with Crippen LogP contribution in [0.2, 0.25) is 0 Å². The largest absolute Gasteiger partial charge is 0.497 e. The monoisotopic (exact) mass is 337 g/mol. The molecule has 0 aliphatic heterocycles. The number of ether oxygens (including phenoxy) is 1. The minimum Gasteiger partial charge on any atom is -0.497 e. The first-order valence-electron chi connectivity index (χ1n) is 6.52. The number of nitrogens with zero attached hydrogens (tertiary/aromatic N) is 2. The second-order valence-corrected chi connectivity index (χ2v) is 5.83. The lowest BCUT2D eigenvalue weighted by molar-refractivity contribution is 0.414. The molecule has 4 nitrogen and oxygen atoms in total. The highest BCUT2D eigenvalue weighted by Gasteiger charge is 2.18. The quantitative estimate of drug-likeness (QED) is 0.932. The van der Waals surface area contributed by atoms with E-state index in [1.807, 2.05) is 36.9 Å². The van der Waals surface area contributed by atoms with Crippen LogP contribution in [0.1, 0.15) is 28.6 Å². The Bertz CT molecular complexity index is 622. The van der Waals surface area contributed by atoms with E-state index in [-0.39, 0.29) is 6.04 Å². The second kappa shape index (κ2) is 5.97. The lowest BCUT2D eigenvalue weighted by atomic mass is 9.98. The van der Waals surface area contributed by atoms with Gasteiger partial charge in [0.2, 0.25) is 0 Å². The van der Waals surface area contributed by atoms with Gasteiger partial charge in [0, 0.05) is 28.8 Å². The lowest BCUT2D eigenvalue weighted by Gasteiger charge is -2.14. The number of aryl methyl sites for hydroxylation is 2. The van der Waals surface area contributed by atoms with Crippen molar-refractivity contribution in [1.82, 2.24) is 9.78 Å². The topological polar surface area (TPSA) is 53.1 Å².